The summed E-state index contributed by atoms with van der Waals surface area (Å²) in [4.78, 5) is 54.8. The first-order valence-electron chi connectivity index (χ1n) is 13.1. The van der Waals surface area contributed by atoms with Crippen LogP contribution in [0.3, 0.4) is 0 Å². The van der Waals surface area contributed by atoms with Gasteiger partial charge < -0.3 is 20.4 Å². The number of halogens is 1. The second-order valence-electron chi connectivity index (χ2n) is 11.0. The van der Waals surface area contributed by atoms with E-state index in [0.717, 1.165) is 53.0 Å². The van der Waals surface area contributed by atoms with E-state index in [1.54, 1.807) is 23.1 Å². The number of likely N-dealkylation sites (tertiary alicyclic amines) is 1. The zero-order chi connectivity index (χ0) is 27.1. The van der Waals surface area contributed by atoms with E-state index in [-0.39, 0.29) is 39.7 Å². The van der Waals surface area contributed by atoms with Gasteiger partial charge in [0.2, 0.25) is 5.91 Å². The van der Waals surface area contributed by atoms with Gasteiger partial charge in [-0.1, -0.05) is 11.6 Å². The van der Waals surface area contributed by atoms with Crippen LogP contribution in [0.5, 0.6) is 0 Å². The molecule has 7 rings (SSSR count). The molecule has 3 aromatic rings. The lowest BCUT2D eigenvalue weighted by Gasteiger charge is -2.38. The van der Waals surface area contributed by atoms with E-state index in [2.05, 4.69) is 39.6 Å². The molecule has 2 saturated heterocycles. The van der Waals surface area contributed by atoms with Crippen molar-refractivity contribution in [2.75, 3.05) is 44.0 Å². The molecule has 0 saturated carbocycles. The Bertz CT molecular complexity index is 1600. The third-order valence-electron chi connectivity index (χ3n) is 8.48. The average Bonchev–Trinajstić information content (AvgIpc) is 3.60. The van der Waals surface area contributed by atoms with Crippen LogP contribution in [-0.4, -0.2) is 80.9 Å². The summed E-state index contributed by atoms with van der Waals surface area (Å²) in [7, 11) is 4.14. The van der Waals surface area contributed by atoms with Gasteiger partial charge in [0.25, 0.3) is 11.5 Å². The summed E-state index contributed by atoms with van der Waals surface area (Å²) in [6, 6.07) is 1.93. The van der Waals surface area contributed by atoms with E-state index >= 15 is 0 Å². The molecular weight excluding hydrogens is 558 g/mol. The van der Waals surface area contributed by atoms with Gasteiger partial charge >= 0.3 is 0 Å². The van der Waals surface area contributed by atoms with Gasteiger partial charge in [0, 0.05) is 41.4 Å². The third-order valence-corrected chi connectivity index (χ3v) is 11.3. The Kier molecular flexibility index (Phi) is 5.96. The SMILES string of the molecule is CN(C)[C@H]1CCN(C(=O)[C@H]2CCc3c(sc4ncnc(Nc5cc(Cl)c6n(c5=O)C5(CSC5)NC6=O)c34)C2)C1. The molecule has 2 N–H and O–H groups in total. The molecule has 3 aliphatic heterocycles. The summed E-state index contributed by atoms with van der Waals surface area (Å²) in [6.45, 7) is 1.61. The predicted octanol–water partition coefficient (Wildman–Crippen LogP) is 2.66. The molecule has 0 bridgehead atoms. The second kappa shape index (κ2) is 9.18. The minimum absolute atomic E-state index is 0.0300. The molecule has 2 atom stereocenters. The Balaban J connectivity index is 1.19. The van der Waals surface area contributed by atoms with Crippen molar-refractivity contribution < 1.29 is 9.59 Å². The van der Waals surface area contributed by atoms with Gasteiger partial charge in [-0.2, -0.15) is 11.8 Å². The average molecular weight is 586 g/mol. The standard InChI is InChI=1S/C26H28ClN7O3S2/c1-32(2)14-5-6-33(9-14)24(36)13-3-4-15-18(7-13)39-23-19(15)21(28-12-29-23)30-17-8-16(27)20-22(35)31-26(10-38-11-26)34(20)25(17)37/h8,12-14H,3-7,9-11H2,1-2H3,(H,31,35)(H,28,29,30)/t13-,14-/m0/s1. The van der Waals surface area contributed by atoms with E-state index in [1.807, 2.05) is 4.90 Å². The van der Waals surface area contributed by atoms with Crippen molar-refractivity contribution in [2.45, 2.75) is 37.4 Å². The number of carbonyl (C=O) groups is 2. The summed E-state index contributed by atoms with van der Waals surface area (Å²) in [5.74, 6) is 1.67. The van der Waals surface area contributed by atoms with E-state index in [1.165, 1.54) is 17.0 Å². The van der Waals surface area contributed by atoms with Gasteiger partial charge in [0.1, 0.15) is 34.0 Å². The topological polar surface area (TPSA) is 112 Å². The first-order chi connectivity index (χ1) is 18.8. The number of hydrogen-bond donors (Lipinski definition) is 2. The Labute approximate surface area is 238 Å². The number of rotatable bonds is 4. The third kappa shape index (κ3) is 3.90. The molecule has 0 unspecified atom stereocenters. The highest BCUT2D eigenvalue weighted by Crippen LogP contribution is 2.42. The summed E-state index contributed by atoms with van der Waals surface area (Å²) >= 11 is 9.78. The molecule has 1 spiro atoms. The predicted molar refractivity (Wildman–Crippen MR) is 153 cm³/mol. The fourth-order valence-electron chi connectivity index (χ4n) is 6.28. The van der Waals surface area contributed by atoms with Crippen LogP contribution in [0.4, 0.5) is 11.5 Å². The monoisotopic (exact) mass is 585 g/mol. The second-order valence-corrected chi connectivity index (χ2v) is 13.5. The fraction of sp³-hybridized carbons (Fsp3) is 0.500. The van der Waals surface area contributed by atoms with Crippen molar-refractivity contribution in [3.05, 3.63) is 43.9 Å². The summed E-state index contributed by atoms with van der Waals surface area (Å²) in [5, 5.41) is 7.29. The number of pyridine rings is 1. The molecule has 2 fully saturated rings. The summed E-state index contributed by atoms with van der Waals surface area (Å²) < 4.78 is 1.51. The van der Waals surface area contributed by atoms with Gasteiger partial charge in [0.05, 0.1) is 10.4 Å². The molecule has 0 aromatic carbocycles. The van der Waals surface area contributed by atoms with E-state index in [9.17, 15) is 14.4 Å². The summed E-state index contributed by atoms with van der Waals surface area (Å²) in [6.07, 6.45) is 4.72. The molecule has 39 heavy (non-hydrogen) atoms. The van der Waals surface area contributed by atoms with Crippen molar-refractivity contribution in [2.24, 2.45) is 5.92 Å². The van der Waals surface area contributed by atoms with E-state index < -0.39 is 5.66 Å². The number of nitrogens with zero attached hydrogens (tertiary/aromatic N) is 5. The highest BCUT2D eigenvalue weighted by molar-refractivity contribution is 8.00. The van der Waals surface area contributed by atoms with Crippen molar-refractivity contribution in [1.29, 1.82) is 0 Å². The van der Waals surface area contributed by atoms with Crippen molar-refractivity contribution in [3.8, 4) is 0 Å². The number of aromatic nitrogens is 3. The molecule has 6 heterocycles. The molecule has 3 aromatic heterocycles. The number of thiophene rings is 1. The Morgan fingerprint density at radius 3 is 2.79 bits per heavy atom. The number of likely N-dealkylation sites (N-methyl/N-ethyl adjacent to an activating group) is 1. The minimum atomic E-state index is -0.721. The van der Waals surface area contributed by atoms with Crippen LogP contribution in [0.2, 0.25) is 5.02 Å². The first-order valence-corrected chi connectivity index (χ1v) is 15.4. The lowest BCUT2D eigenvalue weighted by molar-refractivity contribution is -0.134. The molecular formula is C26H28ClN7O3S2. The minimum Gasteiger partial charge on any atom is -0.341 e. The number of fused-ring (bicyclic) bond motifs is 5. The van der Waals surface area contributed by atoms with Crippen LogP contribution in [0, 0.1) is 5.92 Å². The van der Waals surface area contributed by atoms with Crippen LogP contribution >= 0.6 is 34.7 Å². The highest BCUT2D eigenvalue weighted by atomic mass is 35.5. The number of nitrogens with one attached hydrogen (secondary N) is 2. The first kappa shape index (κ1) is 25.3. The number of anilines is 2. The largest absolute Gasteiger partial charge is 0.341 e. The molecule has 13 heteroatoms. The lowest BCUT2D eigenvalue weighted by Crippen LogP contribution is -2.57. The van der Waals surface area contributed by atoms with Crippen LogP contribution < -0.4 is 16.2 Å². The molecule has 1 aliphatic carbocycles. The van der Waals surface area contributed by atoms with Crippen LogP contribution in [-0.2, 0) is 23.3 Å². The van der Waals surface area contributed by atoms with Gasteiger partial charge in [-0.25, -0.2) is 9.97 Å². The summed E-state index contributed by atoms with van der Waals surface area (Å²) in [5.41, 5.74) is 0.590. The molecule has 4 aliphatic rings. The maximum atomic E-state index is 13.6. The van der Waals surface area contributed by atoms with Crippen molar-refractivity contribution in [3.63, 3.8) is 0 Å². The number of carbonyl (C=O) groups excluding carboxylic acids is 2. The smallest absolute Gasteiger partial charge is 0.276 e. The van der Waals surface area contributed by atoms with E-state index in [0.29, 0.717) is 29.8 Å². The van der Waals surface area contributed by atoms with Crippen LogP contribution in [0.15, 0.2) is 17.2 Å². The molecule has 0 radical (unpaired) electrons. The van der Waals surface area contributed by atoms with Gasteiger partial charge in [-0.15, -0.1) is 11.3 Å². The maximum Gasteiger partial charge on any atom is 0.276 e. The molecule has 2 amide bonds. The Hall–Kier alpha value is -2.67. The van der Waals surface area contributed by atoms with Gasteiger partial charge in [-0.05, 0) is 51.4 Å². The zero-order valence-electron chi connectivity index (χ0n) is 21.6. The highest BCUT2D eigenvalue weighted by Gasteiger charge is 2.50. The fourth-order valence-corrected chi connectivity index (χ4v) is 8.82. The molecule has 204 valence electrons. The number of aryl methyl sites for hydroxylation is 1. The number of amides is 2. The Morgan fingerprint density at radius 2 is 2.08 bits per heavy atom. The number of hydrogen-bond acceptors (Lipinski definition) is 9. The Morgan fingerprint density at radius 1 is 1.26 bits per heavy atom. The van der Waals surface area contributed by atoms with Gasteiger partial charge in [-0.3, -0.25) is 19.0 Å². The van der Waals surface area contributed by atoms with Crippen LogP contribution in [0.25, 0.3) is 10.2 Å². The van der Waals surface area contributed by atoms with E-state index in [4.69, 9.17) is 11.6 Å². The lowest BCUT2D eigenvalue weighted by atomic mass is 9.87. The maximum absolute atomic E-state index is 13.6. The van der Waals surface area contributed by atoms with Gasteiger partial charge in [0.15, 0.2) is 0 Å². The quantitative estimate of drug-likeness (QED) is 0.481. The van der Waals surface area contributed by atoms with Crippen molar-refractivity contribution >= 4 is 68.2 Å². The molecule has 10 nitrogen and oxygen atoms in total. The van der Waals surface area contributed by atoms with Crippen molar-refractivity contribution in [1.82, 2.24) is 29.7 Å². The van der Waals surface area contributed by atoms with Crippen LogP contribution in [0.1, 0.15) is 33.8 Å². The number of thioether (sulfide) groups is 1. The normalized spacial score (nSPS) is 23.2. The zero-order valence-corrected chi connectivity index (χ0v) is 24.0.